The SMILES string of the molecule is CN1CC(c2nc(OCC(F)(F)C(F)(F)C(F)(F)C(F)(F)F)nc(OCC(F)(F)C(F)(F)C(F)(F)C(F)(F)F)n2)N(C)CC1c1nc(OCC(F)(F)C(F)(F)C(F)(F)C(F)(F)F)nc(OCC(F)(F)C(F)(F)C(F)(F)C(F)(F)F)n1. The molecule has 1 fully saturated rings. The van der Waals surface area contributed by atoms with Crippen LogP contribution in [0.3, 0.4) is 0 Å². The van der Waals surface area contributed by atoms with Crippen molar-refractivity contribution in [2.75, 3.05) is 53.6 Å². The maximum Gasteiger partial charge on any atom is 0.460 e. The minimum atomic E-state index is -7.67. The quantitative estimate of drug-likeness (QED) is 0.104. The van der Waals surface area contributed by atoms with Crippen LogP contribution < -0.4 is 18.9 Å². The Bertz CT molecular complexity index is 2170. The first-order chi connectivity index (χ1) is 35.1. The molecule has 2 aromatic heterocycles. The van der Waals surface area contributed by atoms with E-state index < -0.39 is 183 Å². The lowest BCUT2D eigenvalue weighted by Crippen LogP contribution is -2.62. The molecular formula is C32H20F36N8O4. The van der Waals surface area contributed by atoms with Crippen LogP contribution in [0.1, 0.15) is 23.7 Å². The topological polar surface area (TPSA) is 121 Å². The number of halogens is 36. The summed E-state index contributed by atoms with van der Waals surface area (Å²) in [5, 5.41) is 0. The number of nitrogens with zero attached hydrogens (tertiary/aromatic N) is 8. The van der Waals surface area contributed by atoms with Gasteiger partial charge >= 0.3 is 120 Å². The van der Waals surface area contributed by atoms with E-state index in [1.165, 1.54) is 0 Å². The van der Waals surface area contributed by atoms with Gasteiger partial charge in [0.25, 0.3) is 0 Å². The molecule has 0 N–H and O–H groups in total. The Morgan fingerprint density at radius 2 is 0.450 bits per heavy atom. The fourth-order valence-electron chi connectivity index (χ4n) is 5.51. The Labute approximate surface area is 414 Å². The number of rotatable bonds is 22. The van der Waals surface area contributed by atoms with Gasteiger partial charge in [-0.2, -0.15) is 178 Å². The van der Waals surface area contributed by atoms with Crippen molar-refractivity contribution in [2.24, 2.45) is 0 Å². The van der Waals surface area contributed by atoms with E-state index in [1.54, 1.807) is 0 Å². The van der Waals surface area contributed by atoms with E-state index in [2.05, 4.69) is 48.9 Å². The molecule has 2 unspecified atom stereocenters. The number of hydrogen-bond donors (Lipinski definition) is 0. The maximum atomic E-state index is 14.3. The molecule has 0 saturated carbocycles. The highest BCUT2D eigenvalue weighted by Gasteiger charge is 2.85. The average Bonchev–Trinajstić information content (AvgIpc) is 3.27. The Balaban J connectivity index is 2.20. The Kier molecular flexibility index (Phi) is 17.9. The molecule has 0 aliphatic carbocycles. The summed E-state index contributed by atoms with van der Waals surface area (Å²) in [7, 11) is 1.22. The minimum Gasteiger partial charge on any atom is -0.457 e. The monoisotopic (exact) mass is 1260 g/mol. The van der Waals surface area contributed by atoms with Crippen LogP contribution in [0.4, 0.5) is 158 Å². The van der Waals surface area contributed by atoms with Crippen molar-refractivity contribution in [3.05, 3.63) is 11.6 Å². The number of aromatic nitrogens is 6. The summed E-state index contributed by atoms with van der Waals surface area (Å²) >= 11 is 0. The van der Waals surface area contributed by atoms with Crippen LogP contribution in [-0.2, 0) is 0 Å². The predicted octanol–water partition coefficient (Wildman–Crippen LogP) is 11.1. The number of ether oxygens (including phenoxy) is 4. The molecule has 12 nitrogen and oxygen atoms in total. The summed E-state index contributed by atoms with van der Waals surface area (Å²) in [4.78, 5) is 18.3. The van der Waals surface area contributed by atoms with Gasteiger partial charge in [0.1, 0.15) is 0 Å². The summed E-state index contributed by atoms with van der Waals surface area (Å²) in [5.41, 5.74) is 0. The zero-order valence-electron chi connectivity index (χ0n) is 37.2. The van der Waals surface area contributed by atoms with Crippen LogP contribution in [0.2, 0.25) is 0 Å². The van der Waals surface area contributed by atoms with Crippen molar-refractivity contribution in [3.8, 4) is 24.0 Å². The van der Waals surface area contributed by atoms with E-state index in [4.69, 9.17) is 0 Å². The molecule has 0 aromatic carbocycles. The Morgan fingerprint density at radius 3 is 0.600 bits per heavy atom. The summed E-state index contributed by atoms with van der Waals surface area (Å²) in [6.07, 6.45) is -30.0. The number of likely N-dealkylation sites (N-methyl/N-ethyl adjacent to an activating group) is 2. The van der Waals surface area contributed by atoms with Crippen LogP contribution in [0.15, 0.2) is 0 Å². The molecule has 3 rings (SSSR count). The van der Waals surface area contributed by atoms with Crippen molar-refractivity contribution in [1.29, 1.82) is 0 Å². The highest BCUT2D eigenvalue weighted by molar-refractivity contribution is 5.16. The second kappa shape index (κ2) is 20.8. The molecule has 1 aliphatic heterocycles. The molecule has 3 heterocycles. The summed E-state index contributed by atoms with van der Waals surface area (Å²) in [5.74, 6) is -91.1. The van der Waals surface area contributed by atoms with E-state index in [1.807, 2.05) is 0 Å². The largest absolute Gasteiger partial charge is 0.460 e. The smallest absolute Gasteiger partial charge is 0.457 e. The summed E-state index contributed by atoms with van der Waals surface area (Å²) < 4.78 is 501. The van der Waals surface area contributed by atoms with Crippen LogP contribution in [0, 0.1) is 0 Å². The zero-order chi connectivity index (χ0) is 63.1. The molecule has 1 aliphatic rings. The van der Waals surface area contributed by atoms with Gasteiger partial charge < -0.3 is 18.9 Å². The van der Waals surface area contributed by atoms with Crippen molar-refractivity contribution in [2.45, 2.75) is 108 Å². The van der Waals surface area contributed by atoms with Gasteiger partial charge in [-0.15, -0.1) is 9.97 Å². The third kappa shape index (κ3) is 12.2. The zero-order valence-corrected chi connectivity index (χ0v) is 37.2. The molecule has 0 radical (unpaired) electrons. The molecule has 0 spiro atoms. The highest BCUT2D eigenvalue weighted by atomic mass is 19.5. The molecular weight excluding hydrogens is 1240 g/mol. The first-order valence-corrected chi connectivity index (χ1v) is 19.3. The van der Waals surface area contributed by atoms with Crippen molar-refractivity contribution < 1.29 is 177 Å². The molecule has 2 aromatic rings. The van der Waals surface area contributed by atoms with E-state index in [0.29, 0.717) is 23.9 Å². The third-order valence-corrected chi connectivity index (χ3v) is 10.2. The van der Waals surface area contributed by atoms with Gasteiger partial charge in [-0.25, -0.2) is 0 Å². The lowest BCUT2D eigenvalue weighted by Gasteiger charge is -2.41. The lowest BCUT2D eigenvalue weighted by atomic mass is 10.0. The van der Waals surface area contributed by atoms with E-state index >= 15 is 0 Å². The first kappa shape index (κ1) is 68.9. The van der Waals surface area contributed by atoms with Gasteiger partial charge in [0.15, 0.2) is 38.1 Å². The van der Waals surface area contributed by atoms with E-state index in [0.717, 1.165) is 0 Å². The highest BCUT2D eigenvalue weighted by Crippen LogP contribution is 2.57. The standard InChI is InChI=1S/C32H20F36N8O4/c1-75-3-10(12-71-15(79-7-19(37,38)23(45,46)27(53,54)31(63,64)65)74-16(72-12)80-8-20(39,40)24(47,48)28(55,56)32(66,67)68)76(2)4-9(75)11-69-13(77-5-17(33,34)21(41,42)25(49,50)29(57,58)59)73-14(70-11)78-6-18(35,36)22(43,44)26(51,52)30(60,61)62/h9-10H,3-8H2,1-2H3. The second-order valence-corrected chi connectivity index (χ2v) is 16.0. The molecule has 80 heavy (non-hydrogen) atoms. The van der Waals surface area contributed by atoms with Crippen molar-refractivity contribution >= 4 is 0 Å². The second-order valence-electron chi connectivity index (χ2n) is 16.0. The van der Waals surface area contributed by atoms with Gasteiger partial charge in [-0.05, 0) is 14.1 Å². The van der Waals surface area contributed by atoms with Crippen LogP contribution in [0.25, 0.3) is 0 Å². The van der Waals surface area contributed by atoms with Crippen LogP contribution in [0.5, 0.6) is 24.0 Å². The van der Waals surface area contributed by atoms with Crippen LogP contribution in [-0.4, -0.2) is 189 Å². The number of hydrogen-bond acceptors (Lipinski definition) is 12. The maximum absolute atomic E-state index is 14.3. The lowest BCUT2D eigenvalue weighted by molar-refractivity contribution is -0.398. The van der Waals surface area contributed by atoms with Gasteiger partial charge in [-0.1, -0.05) is 0 Å². The molecule has 2 atom stereocenters. The van der Waals surface area contributed by atoms with Gasteiger partial charge in [0.05, 0.1) is 12.1 Å². The fraction of sp³-hybridized carbons (Fsp3) is 0.812. The third-order valence-electron chi connectivity index (χ3n) is 10.2. The molecule has 1 saturated heterocycles. The van der Waals surface area contributed by atoms with E-state index in [-0.39, 0.29) is 0 Å². The fourth-order valence-corrected chi connectivity index (χ4v) is 5.51. The molecule has 48 heteroatoms. The normalized spacial score (nSPS) is 18.6. The van der Waals surface area contributed by atoms with E-state index in [9.17, 15) is 158 Å². The summed E-state index contributed by atoms with van der Waals surface area (Å²) in [6.45, 7) is -16.5. The minimum absolute atomic E-state index is 0.486. The Morgan fingerprint density at radius 1 is 0.287 bits per heavy atom. The number of piperazine rings is 1. The summed E-state index contributed by atoms with van der Waals surface area (Å²) in [6, 6.07) is -13.4. The first-order valence-electron chi connectivity index (χ1n) is 19.3. The predicted molar refractivity (Wildman–Crippen MR) is 176 cm³/mol. The molecule has 0 amide bonds. The van der Waals surface area contributed by atoms with Crippen molar-refractivity contribution in [3.63, 3.8) is 0 Å². The van der Waals surface area contributed by atoms with Crippen LogP contribution >= 0.6 is 0 Å². The Hall–Kier alpha value is -5.38. The number of alkyl halides is 36. The molecule has 0 bridgehead atoms. The van der Waals surface area contributed by atoms with Gasteiger partial charge in [0.2, 0.25) is 0 Å². The van der Waals surface area contributed by atoms with Gasteiger partial charge in [-0.3, -0.25) is 9.80 Å². The van der Waals surface area contributed by atoms with Crippen molar-refractivity contribution in [1.82, 2.24) is 39.7 Å². The molecule has 464 valence electrons. The average molecular weight is 1260 g/mol. The van der Waals surface area contributed by atoms with Gasteiger partial charge in [0, 0.05) is 13.1 Å².